The lowest BCUT2D eigenvalue weighted by molar-refractivity contribution is 0.291. The minimum absolute atomic E-state index is 0.233. The molecule has 17 heavy (non-hydrogen) atoms. The van der Waals surface area contributed by atoms with Crippen molar-refractivity contribution in [3.8, 4) is 0 Å². The fourth-order valence-corrected chi connectivity index (χ4v) is 3.15. The molecule has 0 bridgehead atoms. The highest BCUT2D eigenvalue weighted by molar-refractivity contribution is 7.85. The third kappa shape index (κ3) is 3.59. The fourth-order valence-electron chi connectivity index (χ4n) is 2.02. The van der Waals surface area contributed by atoms with E-state index in [0.29, 0.717) is 13.1 Å². The van der Waals surface area contributed by atoms with Crippen molar-refractivity contribution in [1.29, 1.82) is 0 Å². The molecule has 0 amide bonds. The van der Waals surface area contributed by atoms with E-state index in [1.54, 1.807) is 6.07 Å². The van der Waals surface area contributed by atoms with E-state index in [9.17, 15) is 8.60 Å². The molecule has 1 aromatic carbocycles. The third-order valence-corrected chi connectivity index (χ3v) is 4.21. The van der Waals surface area contributed by atoms with E-state index in [-0.39, 0.29) is 5.82 Å². The molecular formula is C12H17FN2OS. The highest BCUT2D eigenvalue weighted by Crippen LogP contribution is 2.12. The normalized spacial score (nSPS) is 18.5. The maximum atomic E-state index is 13.3. The Morgan fingerprint density at radius 2 is 1.88 bits per heavy atom. The molecule has 0 saturated carbocycles. The van der Waals surface area contributed by atoms with Crippen LogP contribution in [-0.4, -0.2) is 33.7 Å². The molecule has 0 aromatic heterocycles. The van der Waals surface area contributed by atoms with Crippen molar-refractivity contribution in [1.82, 2.24) is 4.90 Å². The Balaban J connectivity index is 2.02. The van der Waals surface area contributed by atoms with Gasteiger partial charge in [0.05, 0.1) is 0 Å². The van der Waals surface area contributed by atoms with Crippen LogP contribution in [0.25, 0.3) is 0 Å². The Bertz CT molecular complexity index is 415. The highest BCUT2D eigenvalue weighted by Gasteiger charge is 2.15. The minimum atomic E-state index is -0.665. The van der Waals surface area contributed by atoms with Gasteiger partial charge in [-0.15, -0.1) is 0 Å². The van der Waals surface area contributed by atoms with Crippen molar-refractivity contribution >= 4 is 10.8 Å². The molecule has 0 atom stereocenters. The molecule has 5 heteroatoms. The number of benzene rings is 1. The second-order valence-electron chi connectivity index (χ2n) is 4.30. The molecule has 0 aliphatic carbocycles. The molecule has 1 fully saturated rings. The van der Waals surface area contributed by atoms with Crippen LogP contribution in [0.1, 0.15) is 11.1 Å². The zero-order valence-electron chi connectivity index (χ0n) is 9.69. The summed E-state index contributed by atoms with van der Waals surface area (Å²) in [7, 11) is -0.665. The monoisotopic (exact) mass is 256 g/mol. The molecule has 0 spiro atoms. The molecule has 1 aliphatic heterocycles. The molecule has 2 N–H and O–H groups in total. The van der Waals surface area contributed by atoms with Crippen molar-refractivity contribution in [2.45, 2.75) is 13.1 Å². The van der Waals surface area contributed by atoms with E-state index < -0.39 is 10.8 Å². The van der Waals surface area contributed by atoms with Gasteiger partial charge in [-0.2, -0.15) is 0 Å². The Kier molecular flexibility index (Phi) is 4.25. The third-order valence-electron chi connectivity index (χ3n) is 2.93. The van der Waals surface area contributed by atoms with Gasteiger partial charge in [-0.1, -0.05) is 6.07 Å². The average Bonchev–Trinajstić information content (AvgIpc) is 2.31. The standard InChI is InChI=1S/C12H17FN2OS/c13-12-6-10(8-14)5-11(7-12)9-15-1-3-17(16)4-2-15/h5-7H,1-4,8-9,14H2. The number of nitrogens with zero attached hydrogens (tertiary/aromatic N) is 1. The number of hydrogen-bond acceptors (Lipinski definition) is 3. The van der Waals surface area contributed by atoms with Crippen LogP contribution in [-0.2, 0) is 23.9 Å². The smallest absolute Gasteiger partial charge is 0.123 e. The summed E-state index contributed by atoms with van der Waals surface area (Å²) in [5.74, 6) is 1.21. The Morgan fingerprint density at radius 1 is 1.24 bits per heavy atom. The van der Waals surface area contributed by atoms with Gasteiger partial charge in [0.2, 0.25) is 0 Å². The molecule has 94 valence electrons. The van der Waals surface area contributed by atoms with Gasteiger partial charge in [0, 0.05) is 48.5 Å². The van der Waals surface area contributed by atoms with E-state index in [1.807, 2.05) is 6.07 Å². The zero-order chi connectivity index (χ0) is 12.3. The summed E-state index contributed by atoms with van der Waals surface area (Å²) >= 11 is 0. The van der Waals surface area contributed by atoms with Crippen LogP contribution in [0.2, 0.25) is 0 Å². The van der Waals surface area contributed by atoms with E-state index in [0.717, 1.165) is 35.7 Å². The summed E-state index contributed by atoms with van der Waals surface area (Å²) < 4.78 is 24.5. The topological polar surface area (TPSA) is 46.3 Å². The minimum Gasteiger partial charge on any atom is -0.326 e. The highest BCUT2D eigenvalue weighted by atomic mass is 32.2. The maximum Gasteiger partial charge on any atom is 0.123 e. The van der Waals surface area contributed by atoms with Gasteiger partial charge >= 0.3 is 0 Å². The van der Waals surface area contributed by atoms with Gasteiger partial charge < -0.3 is 5.73 Å². The molecule has 2 rings (SSSR count). The van der Waals surface area contributed by atoms with Gasteiger partial charge in [-0.05, 0) is 23.3 Å². The van der Waals surface area contributed by atoms with E-state index in [4.69, 9.17) is 5.73 Å². The van der Waals surface area contributed by atoms with Crippen LogP contribution in [0.3, 0.4) is 0 Å². The molecule has 1 aliphatic rings. The molecular weight excluding hydrogens is 239 g/mol. The number of hydrogen-bond donors (Lipinski definition) is 1. The van der Waals surface area contributed by atoms with Gasteiger partial charge in [0.25, 0.3) is 0 Å². The molecule has 1 aromatic rings. The van der Waals surface area contributed by atoms with Gasteiger partial charge in [-0.3, -0.25) is 9.11 Å². The maximum absolute atomic E-state index is 13.3. The van der Waals surface area contributed by atoms with Crippen molar-refractivity contribution in [3.63, 3.8) is 0 Å². The Labute approximate surface area is 103 Å². The lowest BCUT2D eigenvalue weighted by Gasteiger charge is -2.26. The average molecular weight is 256 g/mol. The van der Waals surface area contributed by atoms with E-state index in [2.05, 4.69) is 4.90 Å². The van der Waals surface area contributed by atoms with Crippen LogP contribution in [0.4, 0.5) is 4.39 Å². The van der Waals surface area contributed by atoms with Gasteiger partial charge in [-0.25, -0.2) is 4.39 Å². The predicted molar refractivity (Wildman–Crippen MR) is 67.4 cm³/mol. The lowest BCUT2D eigenvalue weighted by Crippen LogP contribution is -2.37. The lowest BCUT2D eigenvalue weighted by atomic mass is 10.1. The molecule has 1 saturated heterocycles. The molecule has 1 heterocycles. The fraction of sp³-hybridized carbons (Fsp3) is 0.500. The van der Waals surface area contributed by atoms with Crippen molar-refractivity contribution < 1.29 is 8.60 Å². The summed E-state index contributed by atoms with van der Waals surface area (Å²) in [5.41, 5.74) is 7.28. The molecule has 0 radical (unpaired) electrons. The first-order valence-corrected chi connectivity index (χ1v) is 7.22. The van der Waals surface area contributed by atoms with Gasteiger partial charge in [0.1, 0.15) is 5.82 Å². The largest absolute Gasteiger partial charge is 0.326 e. The summed E-state index contributed by atoms with van der Waals surface area (Å²) in [5, 5.41) is 0. The van der Waals surface area contributed by atoms with Crippen LogP contribution < -0.4 is 5.73 Å². The van der Waals surface area contributed by atoms with Gasteiger partial charge in [0.15, 0.2) is 0 Å². The Hall–Kier alpha value is -0.780. The summed E-state index contributed by atoms with van der Waals surface area (Å²) in [6.07, 6.45) is 0. The van der Waals surface area contributed by atoms with Crippen molar-refractivity contribution in [2.75, 3.05) is 24.6 Å². The van der Waals surface area contributed by atoms with Crippen molar-refractivity contribution in [3.05, 3.63) is 35.1 Å². The van der Waals surface area contributed by atoms with Crippen LogP contribution in [0.5, 0.6) is 0 Å². The SMILES string of the molecule is NCc1cc(F)cc(CN2CCS(=O)CC2)c1. The first kappa shape index (κ1) is 12.7. The number of halogens is 1. The number of nitrogens with two attached hydrogens (primary N) is 1. The summed E-state index contributed by atoms with van der Waals surface area (Å²) in [4.78, 5) is 2.20. The molecule has 0 unspecified atom stereocenters. The second kappa shape index (κ2) is 5.71. The predicted octanol–water partition coefficient (Wildman–Crippen LogP) is 0.849. The zero-order valence-corrected chi connectivity index (χ0v) is 10.5. The van der Waals surface area contributed by atoms with Crippen LogP contribution in [0, 0.1) is 5.82 Å². The van der Waals surface area contributed by atoms with E-state index in [1.165, 1.54) is 6.07 Å². The quantitative estimate of drug-likeness (QED) is 0.872. The summed E-state index contributed by atoms with van der Waals surface area (Å²) in [6.45, 7) is 2.71. The first-order chi connectivity index (χ1) is 8.17. The molecule has 3 nitrogen and oxygen atoms in total. The van der Waals surface area contributed by atoms with Crippen molar-refractivity contribution in [2.24, 2.45) is 5.73 Å². The summed E-state index contributed by atoms with van der Waals surface area (Å²) in [6, 6.07) is 4.95. The second-order valence-corrected chi connectivity index (χ2v) is 5.99. The Morgan fingerprint density at radius 3 is 2.53 bits per heavy atom. The number of rotatable bonds is 3. The van der Waals surface area contributed by atoms with Crippen LogP contribution >= 0.6 is 0 Å². The van der Waals surface area contributed by atoms with Crippen LogP contribution in [0.15, 0.2) is 18.2 Å². The van der Waals surface area contributed by atoms with E-state index >= 15 is 0 Å². The first-order valence-electron chi connectivity index (χ1n) is 5.73.